The fourth-order valence-electron chi connectivity index (χ4n) is 4.48. The van der Waals surface area contributed by atoms with Crippen molar-refractivity contribution in [3.05, 3.63) is 51.9 Å². The second kappa shape index (κ2) is 7.56. The number of benzene rings is 1. The van der Waals surface area contributed by atoms with Gasteiger partial charge in [-0.3, -0.25) is 14.2 Å². The zero-order valence-electron chi connectivity index (χ0n) is 17.2. The van der Waals surface area contributed by atoms with E-state index in [2.05, 4.69) is 4.98 Å². The third kappa shape index (κ3) is 3.80. The molecule has 1 amide bonds. The number of sulfone groups is 1. The number of aryl methyl sites for hydroxylation is 1. The highest BCUT2D eigenvalue weighted by atomic mass is 32.2. The Bertz CT molecular complexity index is 1320. The van der Waals surface area contributed by atoms with Gasteiger partial charge in [-0.2, -0.15) is 0 Å². The van der Waals surface area contributed by atoms with Gasteiger partial charge in [-0.15, -0.1) is 11.3 Å². The molecule has 0 N–H and O–H groups in total. The summed E-state index contributed by atoms with van der Waals surface area (Å²) in [6, 6.07) is 9.51. The molecule has 1 aromatic carbocycles. The van der Waals surface area contributed by atoms with E-state index < -0.39 is 9.84 Å². The van der Waals surface area contributed by atoms with Crippen molar-refractivity contribution in [1.29, 1.82) is 0 Å². The van der Waals surface area contributed by atoms with Gasteiger partial charge in [-0.1, -0.05) is 30.3 Å². The van der Waals surface area contributed by atoms with Crippen LogP contribution in [0.15, 0.2) is 41.5 Å². The van der Waals surface area contributed by atoms with Crippen LogP contribution in [0, 0.1) is 6.92 Å². The number of fused-ring (bicyclic) bond motifs is 1. The maximum absolute atomic E-state index is 13.4. The summed E-state index contributed by atoms with van der Waals surface area (Å²) in [5.74, 6) is -0.0689. The van der Waals surface area contributed by atoms with Crippen molar-refractivity contribution in [1.82, 2.24) is 14.5 Å². The summed E-state index contributed by atoms with van der Waals surface area (Å²) in [5, 5.41) is 0.533. The maximum Gasteiger partial charge on any atom is 0.263 e. The van der Waals surface area contributed by atoms with E-state index >= 15 is 0 Å². The van der Waals surface area contributed by atoms with Crippen molar-refractivity contribution in [3.63, 3.8) is 0 Å². The predicted molar refractivity (Wildman–Crippen MR) is 121 cm³/mol. The molecule has 0 bridgehead atoms. The van der Waals surface area contributed by atoms with Gasteiger partial charge < -0.3 is 4.90 Å². The zero-order valence-corrected chi connectivity index (χ0v) is 18.8. The monoisotopic (exact) mass is 457 g/mol. The average Bonchev–Trinajstić information content (AvgIpc) is 3.41. The summed E-state index contributed by atoms with van der Waals surface area (Å²) >= 11 is 1.47. The minimum Gasteiger partial charge on any atom is -0.334 e. The van der Waals surface area contributed by atoms with Crippen LogP contribution in [0.1, 0.15) is 24.1 Å². The van der Waals surface area contributed by atoms with Crippen LogP contribution >= 0.6 is 11.3 Å². The number of rotatable bonds is 5. The summed E-state index contributed by atoms with van der Waals surface area (Å²) in [6.07, 6.45) is 3.68. The Hall–Kier alpha value is -2.52. The Labute approximate surface area is 184 Å². The molecule has 0 unspecified atom stereocenters. The van der Waals surface area contributed by atoms with E-state index in [1.807, 2.05) is 37.3 Å². The molecule has 0 radical (unpaired) electrons. The van der Waals surface area contributed by atoms with Gasteiger partial charge in [0.15, 0.2) is 9.84 Å². The van der Waals surface area contributed by atoms with Crippen LogP contribution in [-0.4, -0.2) is 52.4 Å². The van der Waals surface area contributed by atoms with Crippen LogP contribution in [0.5, 0.6) is 0 Å². The first-order chi connectivity index (χ1) is 14.8. The van der Waals surface area contributed by atoms with Crippen LogP contribution in [0.25, 0.3) is 21.3 Å². The smallest absolute Gasteiger partial charge is 0.263 e. The molecule has 7 nitrogen and oxygen atoms in total. The van der Waals surface area contributed by atoms with E-state index in [0.717, 1.165) is 28.8 Å². The summed E-state index contributed by atoms with van der Waals surface area (Å²) in [7, 11) is -3.10. The fraction of sp³-hybridized carbons (Fsp3) is 0.409. The van der Waals surface area contributed by atoms with Crippen LogP contribution in [0.3, 0.4) is 0 Å². The normalized spacial score (nSPS) is 20.2. The number of carbonyl (C=O) groups is 1. The third-order valence-electron chi connectivity index (χ3n) is 6.05. The Balaban J connectivity index is 1.50. The third-order valence-corrected chi connectivity index (χ3v) is 8.82. The molecule has 2 aromatic heterocycles. The molecule has 9 heteroatoms. The number of hydrogen-bond donors (Lipinski definition) is 0. The minimum absolute atomic E-state index is 0.0172. The Morgan fingerprint density at radius 1 is 1.19 bits per heavy atom. The van der Waals surface area contributed by atoms with Crippen molar-refractivity contribution < 1.29 is 13.2 Å². The fourth-order valence-corrected chi connectivity index (χ4v) is 7.20. The minimum atomic E-state index is -3.10. The highest BCUT2D eigenvalue weighted by Crippen LogP contribution is 2.35. The molecule has 3 heterocycles. The highest BCUT2D eigenvalue weighted by Gasteiger charge is 2.42. The molecule has 3 aromatic rings. The molecule has 31 heavy (non-hydrogen) atoms. The lowest BCUT2D eigenvalue weighted by Crippen LogP contribution is -2.45. The Morgan fingerprint density at radius 2 is 1.94 bits per heavy atom. The molecule has 1 atom stereocenters. The number of nitrogens with zero attached hydrogens (tertiary/aromatic N) is 3. The van der Waals surface area contributed by atoms with Crippen LogP contribution in [0.4, 0.5) is 0 Å². The van der Waals surface area contributed by atoms with Gasteiger partial charge in [0.25, 0.3) is 5.56 Å². The van der Waals surface area contributed by atoms with Gasteiger partial charge in [-0.05, 0) is 31.7 Å². The Morgan fingerprint density at radius 3 is 2.58 bits per heavy atom. The molecule has 0 spiro atoms. The first kappa shape index (κ1) is 20.4. The van der Waals surface area contributed by atoms with Gasteiger partial charge in [-0.25, -0.2) is 13.4 Å². The topological polar surface area (TPSA) is 89.3 Å². The van der Waals surface area contributed by atoms with Crippen molar-refractivity contribution in [3.8, 4) is 11.1 Å². The molecular formula is C22H23N3O4S2. The quantitative estimate of drug-likeness (QED) is 0.588. The van der Waals surface area contributed by atoms with Gasteiger partial charge in [0.05, 0.1) is 23.2 Å². The van der Waals surface area contributed by atoms with E-state index in [1.165, 1.54) is 22.2 Å². The lowest BCUT2D eigenvalue weighted by molar-refractivity contribution is -0.134. The summed E-state index contributed by atoms with van der Waals surface area (Å²) in [6.45, 7) is 1.84. The van der Waals surface area contributed by atoms with Crippen LogP contribution < -0.4 is 5.56 Å². The summed E-state index contributed by atoms with van der Waals surface area (Å²) in [5.41, 5.74) is 1.57. The number of hydrogen-bond acceptors (Lipinski definition) is 6. The van der Waals surface area contributed by atoms with E-state index in [1.54, 1.807) is 4.90 Å². The summed E-state index contributed by atoms with van der Waals surface area (Å²) in [4.78, 5) is 34.4. The van der Waals surface area contributed by atoms with Crippen molar-refractivity contribution in [2.75, 3.05) is 11.5 Å². The maximum atomic E-state index is 13.4. The molecule has 1 saturated heterocycles. The molecule has 1 saturated carbocycles. The number of amides is 1. The molecule has 5 rings (SSSR count). The van der Waals surface area contributed by atoms with Crippen molar-refractivity contribution >= 4 is 37.3 Å². The number of thiophene rings is 1. The Kier molecular flexibility index (Phi) is 4.97. The predicted octanol–water partition coefficient (Wildman–Crippen LogP) is 2.61. The molecule has 1 aliphatic carbocycles. The van der Waals surface area contributed by atoms with E-state index in [9.17, 15) is 18.0 Å². The number of aromatic nitrogens is 2. The van der Waals surface area contributed by atoms with Crippen molar-refractivity contribution in [2.24, 2.45) is 0 Å². The van der Waals surface area contributed by atoms with Gasteiger partial charge in [0.2, 0.25) is 5.91 Å². The second-order valence-corrected chi connectivity index (χ2v) is 11.8. The average molecular weight is 458 g/mol. The molecule has 2 fully saturated rings. The van der Waals surface area contributed by atoms with Crippen LogP contribution in [0.2, 0.25) is 0 Å². The lowest BCUT2D eigenvalue weighted by atomic mass is 10.0. The SMILES string of the molecule is Cc1sc2ncn(CC(=O)N(C3CC3)[C@H]3CCS(=O)(=O)C3)c(=O)c2c1-c1ccccc1. The molecule has 2 aliphatic rings. The largest absolute Gasteiger partial charge is 0.334 e. The molecule has 162 valence electrons. The standard InChI is InChI=1S/C22H23N3O4S2/c1-14-19(15-5-3-2-4-6-15)20-21(30-14)23-13-24(22(20)27)11-18(26)25(16-7-8-16)17-9-10-31(28,29)12-17/h2-6,13,16-17H,7-12H2,1H3/t17-/m0/s1. The summed E-state index contributed by atoms with van der Waals surface area (Å²) < 4.78 is 25.2. The molecule has 1 aliphatic heterocycles. The second-order valence-electron chi connectivity index (χ2n) is 8.35. The number of carbonyl (C=O) groups excluding carboxylic acids is 1. The highest BCUT2D eigenvalue weighted by molar-refractivity contribution is 7.91. The van der Waals surface area contributed by atoms with E-state index in [0.29, 0.717) is 16.6 Å². The van der Waals surface area contributed by atoms with Crippen LogP contribution in [-0.2, 0) is 21.2 Å². The van der Waals surface area contributed by atoms with E-state index in [-0.39, 0.29) is 41.6 Å². The van der Waals surface area contributed by atoms with E-state index in [4.69, 9.17) is 0 Å². The van der Waals surface area contributed by atoms with Crippen molar-refractivity contribution in [2.45, 2.75) is 44.8 Å². The van der Waals surface area contributed by atoms with Gasteiger partial charge in [0.1, 0.15) is 11.4 Å². The molecular weight excluding hydrogens is 434 g/mol. The first-order valence-corrected chi connectivity index (χ1v) is 13.0. The van der Waals surface area contributed by atoms with Gasteiger partial charge in [0, 0.05) is 22.5 Å². The van der Waals surface area contributed by atoms with Gasteiger partial charge >= 0.3 is 0 Å². The zero-order chi connectivity index (χ0) is 21.8. The lowest BCUT2D eigenvalue weighted by Gasteiger charge is -2.28. The first-order valence-electron chi connectivity index (χ1n) is 10.4.